The Kier molecular flexibility index (Phi) is 4.24. The van der Waals surface area contributed by atoms with Crippen LogP contribution >= 0.6 is 0 Å². The van der Waals surface area contributed by atoms with Crippen molar-refractivity contribution >= 4 is 11.6 Å². The van der Waals surface area contributed by atoms with Crippen LogP contribution in [0.1, 0.15) is 21.9 Å². The Labute approximate surface area is 139 Å². The van der Waals surface area contributed by atoms with Crippen LogP contribution in [-0.4, -0.2) is 32.8 Å². The summed E-state index contributed by atoms with van der Waals surface area (Å²) in [6.07, 6.45) is 3.23. The van der Waals surface area contributed by atoms with Gasteiger partial charge in [-0.25, -0.2) is 4.98 Å². The summed E-state index contributed by atoms with van der Waals surface area (Å²) < 4.78 is 7.04. The molecule has 7 heteroatoms. The predicted octanol–water partition coefficient (Wildman–Crippen LogP) is 2.54. The van der Waals surface area contributed by atoms with E-state index in [-0.39, 0.29) is 11.6 Å². The first-order chi connectivity index (χ1) is 11.6. The summed E-state index contributed by atoms with van der Waals surface area (Å²) in [4.78, 5) is 16.5. The molecule has 0 aliphatic rings. The fourth-order valence-corrected chi connectivity index (χ4v) is 2.23. The van der Waals surface area contributed by atoms with E-state index in [2.05, 4.69) is 20.5 Å². The highest BCUT2D eigenvalue weighted by atomic mass is 16.5. The fraction of sp³-hybridized carbons (Fsp3) is 0.176. The van der Waals surface area contributed by atoms with Crippen LogP contribution in [-0.2, 0) is 0 Å². The number of hydrogen-bond donors (Lipinski definition) is 1. The van der Waals surface area contributed by atoms with Gasteiger partial charge >= 0.3 is 0 Å². The van der Waals surface area contributed by atoms with Gasteiger partial charge in [0.2, 0.25) is 0 Å². The van der Waals surface area contributed by atoms with Gasteiger partial charge in [-0.2, -0.15) is 5.10 Å². The zero-order chi connectivity index (χ0) is 17.1. The van der Waals surface area contributed by atoms with Gasteiger partial charge < -0.3 is 14.6 Å². The number of aryl methyl sites for hydroxylation is 1. The van der Waals surface area contributed by atoms with Crippen molar-refractivity contribution in [2.45, 2.75) is 13.8 Å². The van der Waals surface area contributed by atoms with Crippen molar-refractivity contribution in [3.63, 3.8) is 0 Å². The molecule has 122 valence electrons. The number of anilines is 1. The second kappa shape index (κ2) is 6.49. The molecular weight excluding hydrogens is 306 g/mol. The Bertz CT molecular complexity index is 871. The number of imidazole rings is 1. The van der Waals surface area contributed by atoms with E-state index in [4.69, 9.17) is 4.74 Å². The second-order valence-electron chi connectivity index (χ2n) is 5.27. The van der Waals surface area contributed by atoms with Gasteiger partial charge in [-0.3, -0.25) is 4.79 Å². The van der Waals surface area contributed by atoms with E-state index in [1.54, 1.807) is 6.33 Å². The predicted molar refractivity (Wildman–Crippen MR) is 89.6 cm³/mol. The van der Waals surface area contributed by atoms with Crippen molar-refractivity contribution in [3.05, 3.63) is 59.9 Å². The normalized spacial score (nSPS) is 10.5. The van der Waals surface area contributed by atoms with Gasteiger partial charge in [0.1, 0.15) is 5.75 Å². The lowest BCUT2D eigenvalue weighted by molar-refractivity contribution is 0.102. The first-order valence-electron chi connectivity index (χ1n) is 7.37. The van der Waals surface area contributed by atoms with E-state index in [0.717, 1.165) is 17.1 Å². The minimum absolute atomic E-state index is 0.194. The Morgan fingerprint density at radius 1 is 1.21 bits per heavy atom. The average molecular weight is 323 g/mol. The van der Waals surface area contributed by atoms with Crippen LogP contribution in [0, 0.1) is 13.8 Å². The van der Waals surface area contributed by atoms with Crippen LogP contribution in [0.3, 0.4) is 0 Å². The molecule has 0 saturated carbocycles. The van der Waals surface area contributed by atoms with Gasteiger partial charge in [-0.15, -0.1) is 5.10 Å². The zero-order valence-electron chi connectivity index (χ0n) is 13.6. The number of carbonyl (C=O) groups excluding carboxylic acids is 1. The smallest absolute Gasteiger partial charge is 0.276 e. The van der Waals surface area contributed by atoms with E-state index in [1.165, 1.54) is 19.4 Å². The largest absolute Gasteiger partial charge is 0.495 e. The molecule has 1 aromatic carbocycles. The molecule has 2 aromatic heterocycles. The number of benzene rings is 1. The molecule has 1 N–H and O–H groups in total. The van der Waals surface area contributed by atoms with Crippen molar-refractivity contribution in [3.8, 4) is 11.4 Å². The molecule has 0 spiro atoms. The Hall–Kier alpha value is -3.22. The molecule has 3 aromatic rings. The highest BCUT2D eigenvalue weighted by molar-refractivity contribution is 6.02. The maximum Gasteiger partial charge on any atom is 0.276 e. The van der Waals surface area contributed by atoms with Gasteiger partial charge in [0, 0.05) is 23.1 Å². The zero-order valence-corrected chi connectivity index (χ0v) is 13.6. The summed E-state index contributed by atoms with van der Waals surface area (Å²) in [7, 11) is 1.51. The van der Waals surface area contributed by atoms with Crippen molar-refractivity contribution in [2.24, 2.45) is 0 Å². The monoisotopic (exact) mass is 323 g/mol. The highest BCUT2D eigenvalue weighted by Gasteiger charge is 2.10. The minimum Gasteiger partial charge on any atom is -0.495 e. The number of ether oxygens (including phenoxy) is 1. The summed E-state index contributed by atoms with van der Waals surface area (Å²) in [5.41, 5.74) is 3.91. The van der Waals surface area contributed by atoms with Gasteiger partial charge in [0.25, 0.3) is 5.91 Å². The van der Waals surface area contributed by atoms with E-state index in [9.17, 15) is 4.79 Å². The molecule has 0 saturated heterocycles. The van der Waals surface area contributed by atoms with Crippen LogP contribution in [0.5, 0.6) is 5.75 Å². The second-order valence-corrected chi connectivity index (χ2v) is 5.27. The van der Waals surface area contributed by atoms with E-state index < -0.39 is 0 Å². The molecule has 1 amide bonds. The number of hydrogen-bond acceptors (Lipinski definition) is 5. The summed E-state index contributed by atoms with van der Waals surface area (Å²) in [6, 6.07) is 9.03. The lowest BCUT2D eigenvalue weighted by Gasteiger charge is -2.08. The van der Waals surface area contributed by atoms with Crippen LogP contribution in [0.4, 0.5) is 5.69 Å². The topological polar surface area (TPSA) is 81.9 Å². The quantitative estimate of drug-likeness (QED) is 0.798. The number of nitrogens with zero attached hydrogens (tertiary/aromatic N) is 4. The summed E-state index contributed by atoms with van der Waals surface area (Å²) in [5, 5.41) is 10.3. The van der Waals surface area contributed by atoms with E-state index in [0.29, 0.717) is 11.4 Å². The van der Waals surface area contributed by atoms with E-state index >= 15 is 0 Å². The molecule has 7 nitrogen and oxygen atoms in total. The minimum atomic E-state index is -0.344. The molecule has 24 heavy (non-hydrogen) atoms. The lowest BCUT2D eigenvalue weighted by atomic mass is 10.2. The van der Waals surface area contributed by atoms with Crippen LogP contribution in [0.25, 0.3) is 5.69 Å². The summed E-state index contributed by atoms with van der Waals surface area (Å²) >= 11 is 0. The molecule has 0 radical (unpaired) electrons. The third-order valence-electron chi connectivity index (χ3n) is 3.75. The highest BCUT2D eigenvalue weighted by Crippen LogP contribution is 2.17. The van der Waals surface area contributed by atoms with Gasteiger partial charge in [0.15, 0.2) is 5.69 Å². The SMILES string of the molecule is COc1cnnc(C(=O)Nc2ccc(-n3cnc(C)c3C)cc2)c1. The summed E-state index contributed by atoms with van der Waals surface area (Å²) in [5.74, 6) is 0.139. The number of amides is 1. The van der Waals surface area contributed by atoms with Gasteiger partial charge in [-0.1, -0.05) is 0 Å². The molecule has 0 unspecified atom stereocenters. The van der Waals surface area contributed by atoms with Crippen molar-refractivity contribution in [1.29, 1.82) is 0 Å². The molecule has 0 aliphatic carbocycles. The summed E-state index contributed by atoms with van der Waals surface area (Å²) in [6.45, 7) is 3.98. The number of carbonyl (C=O) groups is 1. The first kappa shape index (κ1) is 15.7. The Morgan fingerprint density at radius 2 is 1.96 bits per heavy atom. The maximum atomic E-state index is 12.2. The molecule has 0 atom stereocenters. The van der Waals surface area contributed by atoms with Crippen molar-refractivity contribution in [1.82, 2.24) is 19.7 Å². The Balaban J connectivity index is 1.76. The number of methoxy groups -OCH3 is 1. The number of nitrogens with one attached hydrogen (secondary N) is 1. The molecule has 2 heterocycles. The number of aromatic nitrogens is 4. The van der Waals surface area contributed by atoms with Gasteiger partial charge in [0.05, 0.1) is 25.3 Å². The van der Waals surface area contributed by atoms with Crippen LogP contribution < -0.4 is 10.1 Å². The third kappa shape index (κ3) is 3.10. The van der Waals surface area contributed by atoms with Gasteiger partial charge in [-0.05, 0) is 38.1 Å². The van der Waals surface area contributed by atoms with Crippen LogP contribution in [0.15, 0.2) is 42.9 Å². The van der Waals surface area contributed by atoms with Crippen molar-refractivity contribution < 1.29 is 9.53 Å². The standard InChI is InChI=1S/C17H17N5O2/c1-11-12(2)22(10-18-11)14-6-4-13(5-7-14)20-17(23)16-8-15(24-3)9-19-21-16/h4-10H,1-3H3,(H,20,23). The first-order valence-corrected chi connectivity index (χ1v) is 7.37. The maximum absolute atomic E-state index is 12.2. The van der Waals surface area contributed by atoms with E-state index in [1.807, 2.05) is 42.7 Å². The molecule has 0 bridgehead atoms. The lowest BCUT2D eigenvalue weighted by Crippen LogP contribution is -2.14. The molecule has 3 rings (SSSR count). The number of rotatable bonds is 4. The van der Waals surface area contributed by atoms with Crippen molar-refractivity contribution in [2.75, 3.05) is 12.4 Å². The molecular formula is C17H17N5O2. The molecule has 0 fully saturated rings. The molecule has 0 aliphatic heterocycles. The van der Waals surface area contributed by atoms with Crippen LogP contribution in [0.2, 0.25) is 0 Å². The Morgan fingerprint density at radius 3 is 2.58 bits per heavy atom. The third-order valence-corrected chi connectivity index (χ3v) is 3.75. The average Bonchev–Trinajstić information content (AvgIpc) is 2.95. The fourth-order valence-electron chi connectivity index (χ4n) is 2.23.